The number of benzene rings is 1. The summed E-state index contributed by atoms with van der Waals surface area (Å²) in [5.74, 6) is -2.51. The average molecular weight is 296 g/mol. The molecule has 0 aliphatic carbocycles. The minimum absolute atomic E-state index is 0.243. The number of hydrogen-bond donors (Lipinski definition) is 1. The van der Waals surface area contributed by atoms with Gasteiger partial charge in [-0.05, 0) is 12.1 Å². The van der Waals surface area contributed by atoms with Crippen LogP contribution in [0.1, 0.15) is 27.6 Å². The lowest BCUT2D eigenvalue weighted by atomic mass is 10.1. The van der Waals surface area contributed by atoms with Crippen molar-refractivity contribution in [2.24, 2.45) is 0 Å². The summed E-state index contributed by atoms with van der Waals surface area (Å²) in [6.45, 7) is 1.11. The molecule has 0 aromatic heterocycles. The first kappa shape index (κ1) is 16.1. The topological polar surface area (TPSA) is 125 Å². The van der Waals surface area contributed by atoms with Gasteiger partial charge in [0.05, 0.1) is 24.7 Å². The molecule has 21 heavy (non-hydrogen) atoms. The quantitative estimate of drug-likeness (QED) is 0.501. The summed E-state index contributed by atoms with van der Waals surface area (Å²) < 4.78 is 8.93. The number of amides is 1. The van der Waals surface area contributed by atoms with Crippen molar-refractivity contribution in [3.8, 4) is 0 Å². The number of ether oxygens (including phenoxy) is 2. The minimum atomic E-state index is -0.968. The van der Waals surface area contributed by atoms with E-state index in [-0.39, 0.29) is 11.1 Å². The second-order valence-corrected chi connectivity index (χ2v) is 3.81. The molecule has 112 valence electrons. The van der Waals surface area contributed by atoms with Crippen LogP contribution in [0.5, 0.6) is 0 Å². The average Bonchev–Trinajstić information content (AvgIpc) is 2.44. The van der Waals surface area contributed by atoms with Gasteiger partial charge in [-0.25, -0.2) is 9.59 Å². The van der Waals surface area contributed by atoms with E-state index >= 15 is 0 Å². The molecule has 0 fully saturated rings. The summed E-state index contributed by atoms with van der Waals surface area (Å²) in [5, 5.41) is 13.4. The fourth-order valence-electron chi connectivity index (χ4n) is 1.64. The van der Waals surface area contributed by atoms with Crippen LogP contribution in [0.25, 0.3) is 0 Å². The molecule has 9 nitrogen and oxygen atoms in total. The Balaban J connectivity index is 3.69. The number of nitrogens with zero attached hydrogens (tertiary/aromatic N) is 1. The Bertz CT molecular complexity index is 624. The molecular formula is C12H12N2O7. The first-order chi connectivity index (χ1) is 9.83. The number of anilines is 1. The fraction of sp³-hybridized carbons (Fsp3) is 0.250. The van der Waals surface area contributed by atoms with Gasteiger partial charge in [0.1, 0.15) is 11.3 Å². The Kier molecular flexibility index (Phi) is 4.95. The highest BCUT2D eigenvalue weighted by molar-refractivity contribution is 6.07. The number of hydrogen-bond acceptors (Lipinski definition) is 7. The molecule has 0 bridgehead atoms. The van der Waals surface area contributed by atoms with E-state index < -0.39 is 34.1 Å². The Hall–Kier alpha value is -2.97. The van der Waals surface area contributed by atoms with Gasteiger partial charge < -0.3 is 14.8 Å². The maximum atomic E-state index is 11.6. The lowest BCUT2D eigenvalue weighted by molar-refractivity contribution is -0.384. The molecule has 0 saturated heterocycles. The largest absolute Gasteiger partial charge is 0.465 e. The Morgan fingerprint density at radius 3 is 2.00 bits per heavy atom. The van der Waals surface area contributed by atoms with Crippen LogP contribution in [0, 0.1) is 10.1 Å². The summed E-state index contributed by atoms with van der Waals surface area (Å²) in [5.41, 5.74) is -1.78. The van der Waals surface area contributed by atoms with Crippen LogP contribution in [-0.2, 0) is 14.3 Å². The zero-order chi connectivity index (χ0) is 16.2. The molecule has 0 spiro atoms. The number of esters is 2. The molecule has 1 aromatic carbocycles. The molecule has 9 heteroatoms. The van der Waals surface area contributed by atoms with E-state index in [2.05, 4.69) is 14.8 Å². The van der Waals surface area contributed by atoms with Crippen molar-refractivity contribution < 1.29 is 28.8 Å². The van der Waals surface area contributed by atoms with Gasteiger partial charge in [0.2, 0.25) is 5.91 Å². The van der Waals surface area contributed by atoms with Crippen LogP contribution >= 0.6 is 0 Å². The van der Waals surface area contributed by atoms with E-state index in [1.54, 1.807) is 0 Å². The first-order valence-corrected chi connectivity index (χ1v) is 5.59. The van der Waals surface area contributed by atoms with Crippen LogP contribution in [0.3, 0.4) is 0 Å². The van der Waals surface area contributed by atoms with Gasteiger partial charge >= 0.3 is 17.6 Å². The van der Waals surface area contributed by atoms with Gasteiger partial charge in [0, 0.05) is 6.92 Å². The SMILES string of the molecule is COC(=O)c1ccc(C(=O)OC)c([N+](=O)[O-])c1NC(C)=O. The van der Waals surface area contributed by atoms with Crippen molar-refractivity contribution >= 4 is 29.2 Å². The van der Waals surface area contributed by atoms with Gasteiger partial charge in [0.25, 0.3) is 0 Å². The van der Waals surface area contributed by atoms with Crippen molar-refractivity contribution in [1.82, 2.24) is 0 Å². The van der Waals surface area contributed by atoms with Gasteiger partial charge in [-0.3, -0.25) is 14.9 Å². The molecular weight excluding hydrogens is 284 g/mol. The molecule has 0 aliphatic heterocycles. The van der Waals surface area contributed by atoms with E-state index in [1.165, 1.54) is 0 Å². The van der Waals surface area contributed by atoms with Crippen LogP contribution in [0.15, 0.2) is 12.1 Å². The van der Waals surface area contributed by atoms with Crippen molar-refractivity contribution in [1.29, 1.82) is 0 Å². The zero-order valence-electron chi connectivity index (χ0n) is 11.5. The third-order valence-electron chi connectivity index (χ3n) is 2.47. The van der Waals surface area contributed by atoms with Crippen LogP contribution < -0.4 is 5.32 Å². The summed E-state index contributed by atoms with van der Waals surface area (Å²) in [7, 11) is 2.14. The smallest absolute Gasteiger partial charge is 0.344 e. The standard InChI is InChI=1S/C12H12N2O7/c1-6(15)13-9-7(11(16)20-2)4-5-8(12(17)21-3)10(9)14(18)19/h4-5H,1-3H3,(H,13,15). The predicted octanol–water partition coefficient (Wildman–Crippen LogP) is 1.13. The predicted molar refractivity (Wildman–Crippen MR) is 70.1 cm³/mol. The third kappa shape index (κ3) is 3.32. The zero-order valence-corrected chi connectivity index (χ0v) is 11.5. The van der Waals surface area contributed by atoms with E-state index in [4.69, 9.17) is 0 Å². The maximum Gasteiger partial charge on any atom is 0.344 e. The molecule has 1 amide bonds. The van der Waals surface area contributed by atoms with Gasteiger partial charge in [0.15, 0.2) is 0 Å². The van der Waals surface area contributed by atoms with Crippen molar-refractivity contribution in [3.63, 3.8) is 0 Å². The Morgan fingerprint density at radius 2 is 1.57 bits per heavy atom. The molecule has 1 N–H and O–H groups in total. The second-order valence-electron chi connectivity index (χ2n) is 3.81. The van der Waals surface area contributed by atoms with E-state index in [9.17, 15) is 24.5 Å². The number of carbonyl (C=O) groups is 3. The van der Waals surface area contributed by atoms with E-state index in [0.717, 1.165) is 33.3 Å². The van der Waals surface area contributed by atoms with Gasteiger partial charge in [-0.2, -0.15) is 0 Å². The van der Waals surface area contributed by atoms with Crippen LogP contribution in [-0.4, -0.2) is 37.0 Å². The molecule has 0 atom stereocenters. The highest BCUT2D eigenvalue weighted by Gasteiger charge is 2.30. The number of methoxy groups -OCH3 is 2. The third-order valence-corrected chi connectivity index (χ3v) is 2.47. The molecule has 0 heterocycles. The normalized spacial score (nSPS) is 9.67. The first-order valence-electron chi connectivity index (χ1n) is 5.59. The van der Waals surface area contributed by atoms with Crippen molar-refractivity contribution in [2.75, 3.05) is 19.5 Å². The minimum Gasteiger partial charge on any atom is -0.465 e. The van der Waals surface area contributed by atoms with E-state index in [0.29, 0.717) is 0 Å². The molecule has 0 radical (unpaired) electrons. The second kappa shape index (κ2) is 6.46. The maximum absolute atomic E-state index is 11.6. The Morgan fingerprint density at radius 1 is 1.10 bits per heavy atom. The molecule has 0 saturated carbocycles. The lowest BCUT2D eigenvalue weighted by Crippen LogP contribution is -2.16. The monoisotopic (exact) mass is 296 g/mol. The lowest BCUT2D eigenvalue weighted by Gasteiger charge is -2.11. The van der Waals surface area contributed by atoms with Crippen LogP contribution in [0.2, 0.25) is 0 Å². The fourth-order valence-corrected chi connectivity index (χ4v) is 1.64. The Labute approximate surface area is 119 Å². The number of carbonyl (C=O) groups excluding carboxylic acids is 3. The summed E-state index contributed by atoms with van der Waals surface area (Å²) in [6.07, 6.45) is 0. The van der Waals surface area contributed by atoms with E-state index in [1.807, 2.05) is 0 Å². The van der Waals surface area contributed by atoms with Crippen LogP contribution in [0.4, 0.5) is 11.4 Å². The highest BCUT2D eigenvalue weighted by atomic mass is 16.6. The van der Waals surface area contributed by atoms with Gasteiger partial charge in [-0.1, -0.05) is 0 Å². The number of nitro benzene ring substituents is 1. The number of nitro groups is 1. The molecule has 1 aromatic rings. The number of rotatable bonds is 4. The summed E-state index contributed by atoms with van der Waals surface area (Å²) >= 11 is 0. The number of nitrogens with one attached hydrogen (secondary N) is 1. The molecule has 0 unspecified atom stereocenters. The van der Waals surface area contributed by atoms with Crippen molar-refractivity contribution in [3.05, 3.63) is 33.4 Å². The molecule has 1 rings (SSSR count). The summed E-state index contributed by atoms with van der Waals surface area (Å²) in [6, 6.07) is 2.19. The highest BCUT2D eigenvalue weighted by Crippen LogP contribution is 2.33. The summed E-state index contributed by atoms with van der Waals surface area (Å²) in [4.78, 5) is 44.7. The molecule has 0 aliphatic rings. The van der Waals surface area contributed by atoms with Gasteiger partial charge in [-0.15, -0.1) is 0 Å². The van der Waals surface area contributed by atoms with Crippen molar-refractivity contribution in [2.45, 2.75) is 6.92 Å².